The minimum atomic E-state index is -0.748. The Balaban J connectivity index is 1.26. The number of carboxylic acids is 1. The molecule has 35 heavy (non-hydrogen) atoms. The summed E-state index contributed by atoms with van der Waals surface area (Å²) in [5, 5.41) is 29.4. The number of hydrogen-bond donors (Lipinski definition) is 2. The molecule has 3 aromatic heterocycles. The number of pyridine rings is 1. The van der Waals surface area contributed by atoms with Crippen molar-refractivity contribution in [1.82, 2.24) is 30.2 Å². The first-order valence-corrected chi connectivity index (χ1v) is 12.3. The highest BCUT2D eigenvalue weighted by atomic mass is 16.5. The number of anilines is 1. The van der Waals surface area contributed by atoms with Crippen molar-refractivity contribution in [2.24, 2.45) is 13.0 Å². The van der Waals surface area contributed by atoms with Gasteiger partial charge in [-0.15, -0.1) is 10.2 Å². The molecular formula is C24H31N7O4. The Morgan fingerprint density at radius 2 is 2.00 bits per heavy atom. The highest BCUT2D eigenvalue weighted by Crippen LogP contribution is 2.34. The normalized spacial score (nSPS) is 20.7. The Kier molecular flexibility index (Phi) is 6.65. The van der Waals surface area contributed by atoms with Gasteiger partial charge in [0.15, 0.2) is 0 Å². The topological polar surface area (TPSA) is 141 Å². The van der Waals surface area contributed by atoms with Gasteiger partial charge in [-0.25, -0.2) is 9.67 Å². The molecule has 186 valence electrons. The summed E-state index contributed by atoms with van der Waals surface area (Å²) in [6.07, 6.45) is 7.43. The van der Waals surface area contributed by atoms with Gasteiger partial charge in [-0.3, -0.25) is 4.79 Å². The summed E-state index contributed by atoms with van der Waals surface area (Å²) in [6, 6.07) is 4.12. The van der Waals surface area contributed by atoms with Crippen LogP contribution in [0.1, 0.15) is 74.6 Å². The number of nitrogens with one attached hydrogen (secondary N) is 1. The Morgan fingerprint density at radius 3 is 2.77 bits per heavy atom. The average Bonchev–Trinajstić information content (AvgIpc) is 3.60. The van der Waals surface area contributed by atoms with E-state index in [2.05, 4.69) is 25.8 Å². The summed E-state index contributed by atoms with van der Waals surface area (Å²) < 4.78 is 13.7. The SMILES string of the molecule is Cc1nc(-c2nnn(C)c2CNc2nnc(C3CCCC3)o2)ccc1O[C@H]1CCC[C@H](C(=O)O)C1. The molecule has 0 unspecified atom stereocenters. The summed E-state index contributed by atoms with van der Waals surface area (Å²) in [5.74, 6) is 0.641. The molecule has 2 fully saturated rings. The van der Waals surface area contributed by atoms with Crippen molar-refractivity contribution >= 4 is 12.0 Å². The fraction of sp³-hybridized carbons (Fsp3) is 0.583. The quantitative estimate of drug-likeness (QED) is 0.487. The minimum absolute atomic E-state index is 0.115. The molecule has 5 rings (SSSR count). The maximum Gasteiger partial charge on any atom is 0.315 e. The molecule has 0 radical (unpaired) electrons. The first-order valence-electron chi connectivity index (χ1n) is 12.3. The fourth-order valence-corrected chi connectivity index (χ4v) is 5.04. The first kappa shape index (κ1) is 23.3. The fourth-order valence-electron chi connectivity index (χ4n) is 5.04. The number of nitrogens with zero attached hydrogens (tertiary/aromatic N) is 6. The van der Waals surface area contributed by atoms with Crippen molar-refractivity contribution in [2.45, 2.75) is 76.9 Å². The lowest BCUT2D eigenvalue weighted by atomic mass is 9.87. The third-order valence-electron chi connectivity index (χ3n) is 7.04. The number of carboxylic acid groups (broad SMARTS) is 1. The van der Waals surface area contributed by atoms with Crippen LogP contribution in [0.4, 0.5) is 6.01 Å². The van der Waals surface area contributed by atoms with E-state index in [0.29, 0.717) is 54.3 Å². The molecule has 0 aromatic carbocycles. The summed E-state index contributed by atoms with van der Waals surface area (Å²) >= 11 is 0. The monoisotopic (exact) mass is 481 g/mol. The van der Waals surface area contributed by atoms with Crippen LogP contribution in [-0.2, 0) is 18.4 Å². The largest absolute Gasteiger partial charge is 0.489 e. The van der Waals surface area contributed by atoms with Gasteiger partial charge in [0, 0.05) is 13.0 Å². The summed E-state index contributed by atoms with van der Waals surface area (Å²) in [5.41, 5.74) is 2.91. The second-order valence-corrected chi connectivity index (χ2v) is 9.51. The molecule has 2 aliphatic rings. The Morgan fingerprint density at radius 1 is 1.17 bits per heavy atom. The number of hydrogen-bond acceptors (Lipinski definition) is 9. The van der Waals surface area contributed by atoms with Crippen molar-refractivity contribution in [2.75, 3.05) is 5.32 Å². The molecule has 11 nitrogen and oxygen atoms in total. The zero-order valence-corrected chi connectivity index (χ0v) is 20.1. The number of aromatic nitrogens is 6. The van der Waals surface area contributed by atoms with Crippen molar-refractivity contribution in [3.8, 4) is 17.1 Å². The Bertz CT molecular complexity index is 1180. The summed E-state index contributed by atoms with van der Waals surface area (Å²) in [7, 11) is 1.83. The van der Waals surface area contributed by atoms with E-state index in [0.717, 1.165) is 37.1 Å². The molecule has 0 aliphatic heterocycles. The summed E-state index contributed by atoms with van der Waals surface area (Å²) in [6.45, 7) is 2.29. The maximum atomic E-state index is 11.4. The standard InChI is InChI=1S/C24H31N7O4/c1-14-20(34-17-9-5-8-16(12-17)23(32)33)11-10-18(26-14)21-19(31(2)30-27-21)13-25-24-29-28-22(35-24)15-6-3-4-7-15/h10-11,15-17H,3-9,12-13H2,1-2H3,(H,25,29)(H,32,33)/t16-,17-/m0/s1. The van der Waals surface area contributed by atoms with Gasteiger partial charge in [-0.05, 0) is 57.6 Å². The molecular weight excluding hydrogens is 450 g/mol. The minimum Gasteiger partial charge on any atom is -0.489 e. The van der Waals surface area contributed by atoms with Gasteiger partial charge < -0.3 is 19.6 Å². The molecule has 11 heteroatoms. The van der Waals surface area contributed by atoms with Crippen LogP contribution in [0.25, 0.3) is 11.4 Å². The van der Waals surface area contributed by atoms with Crippen LogP contribution in [-0.4, -0.2) is 47.4 Å². The number of aryl methyl sites for hydroxylation is 2. The Labute approximate surface area is 203 Å². The molecule has 3 heterocycles. The van der Waals surface area contributed by atoms with Crippen LogP contribution in [0.3, 0.4) is 0 Å². The first-order chi connectivity index (χ1) is 17.0. The van der Waals surface area contributed by atoms with Gasteiger partial charge in [0.25, 0.3) is 0 Å². The predicted molar refractivity (Wildman–Crippen MR) is 126 cm³/mol. The van der Waals surface area contributed by atoms with Gasteiger partial charge in [0.1, 0.15) is 11.4 Å². The zero-order valence-electron chi connectivity index (χ0n) is 20.1. The molecule has 0 spiro atoms. The maximum absolute atomic E-state index is 11.4. The third kappa shape index (κ3) is 5.13. The smallest absolute Gasteiger partial charge is 0.315 e. The van der Waals surface area contributed by atoms with Gasteiger partial charge in [-0.2, -0.15) is 0 Å². The second-order valence-electron chi connectivity index (χ2n) is 9.51. The van der Waals surface area contributed by atoms with E-state index < -0.39 is 5.97 Å². The van der Waals surface area contributed by atoms with E-state index >= 15 is 0 Å². The van der Waals surface area contributed by atoms with Crippen LogP contribution in [0.2, 0.25) is 0 Å². The highest BCUT2D eigenvalue weighted by Gasteiger charge is 2.29. The van der Waals surface area contributed by atoms with Gasteiger partial charge in [0.2, 0.25) is 5.89 Å². The lowest BCUT2D eigenvalue weighted by molar-refractivity contribution is -0.143. The second kappa shape index (κ2) is 10.0. The van der Waals surface area contributed by atoms with E-state index in [1.165, 1.54) is 12.8 Å². The number of rotatable bonds is 8. The number of carbonyl (C=O) groups is 1. The predicted octanol–water partition coefficient (Wildman–Crippen LogP) is 3.86. The number of ether oxygens (including phenoxy) is 1. The lowest BCUT2D eigenvalue weighted by Crippen LogP contribution is -2.29. The van der Waals surface area contributed by atoms with E-state index in [1.54, 1.807) is 4.68 Å². The average molecular weight is 482 g/mol. The molecule has 3 aromatic rings. The molecule has 2 N–H and O–H groups in total. The van der Waals surface area contributed by atoms with Crippen molar-refractivity contribution in [3.05, 3.63) is 29.4 Å². The molecule has 0 saturated heterocycles. The molecule has 2 saturated carbocycles. The number of aliphatic carboxylic acids is 1. The molecule has 0 bridgehead atoms. The molecule has 2 aliphatic carbocycles. The van der Waals surface area contributed by atoms with Crippen molar-refractivity contribution in [1.29, 1.82) is 0 Å². The van der Waals surface area contributed by atoms with Crippen LogP contribution < -0.4 is 10.1 Å². The van der Waals surface area contributed by atoms with Crippen molar-refractivity contribution in [3.63, 3.8) is 0 Å². The lowest BCUT2D eigenvalue weighted by Gasteiger charge is -2.27. The zero-order chi connectivity index (χ0) is 24.4. The highest BCUT2D eigenvalue weighted by molar-refractivity contribution is 5.70. The van der Waals surface area contributed by atoms with Crippen LogP contribution >= 0.6 is 0 Å². The van der Waals surface area contributed by atoms with Gasteiger partial charge in [-0.1, -0.05) is 23.2 Å². The van der Waals surface area contributed by atoms with E-state index in [4.69, 9.17) is 14.1 Å². The van der Waals surface area contributed by atoms with E-state index in [1.807, 2.05) is 26.1 Å². The third-order valence-corrected chi connectivity index (χ3v) is 7.04. The molecule has 2 atom stereocenters. The van der Waals surface area contributed by atoms with Crippen LogP contribution in [0.5, 0.6) is 5.75 Å². The van der Waals surface area contributed by atoms with Gasteiger partial charge in [0.05, 0.1) is 35.6 Å². The van der Waals surface area contributed by atoms with Crippen molar-refractivity contribution < 1.29 is 19.1 Å². The van der Waals surface area contributed by atoms with Gasteiger partial charge >= 0.3 is 12.0 Å². The summed E-state index contributed by atoms with van der Waals surface area (Å²) in [4.78, 5) is 16.1. The Hall–Kier alpha value is -3.50. The molecule has 0 amide bonds. The van der Waals surface area contributed by atoms with Crippen LogP contribution in [0.15, 0.2) is 16.5 Å². The van der Waals surface area contributed by atoms with Crippen LogP contribution in [0, 0.1) is 12.8 Å². The van der Waals surface area contributed by atoms with E-state index in [-0.39, 0.29) is 12.0 Å². The van der Waals surface area contributed by atoms with E-state index in [9.17, 15) is 9.90 Å².